The van der Waals surface area contributed by atoms with Crippen LogP contribution in [0.25, 0.3) is 0 Å². The Balaban J connectivity index is 2.01. The monoisotopic (exact) mass is 370 g/mol. The molecule has 2 atom stereocenters. The Bertz CT molecular complexity index is 922. The van der Waals surface area contributed by atoms with Crippen LogP contribution in [0.5, 0.6) is 0 Å². The molecule has 4 nitrogen and oxygen atoms in total. The lowest BCUT2D eigenvalue weighted by Crippen LogP contribution is -2.31. The van der Waals surface area contributed by atoms with Gasteiger partial charge in [-0.1, -0.05) is 66.7 Å². The van der Waals surface area contributed by atoms with Gasteiger partial charge in [-0.2, -0.15) is 10.5 Å². The molecule has 0 saturated heterocycles. The van der Waals surface area contributed by atoms with Crippen LogP contribution < -0.4 is 0 Å². The fourth-order valence-electron chi connectivity index (χ4n) is 3.99. The predicted octanol–water partition coefficient (Wildman–Crippen LogP) is 4.56. The van der Waals surface area contributed by atoms with Crippen LogP contribution in [0.1, 0.15) is 30.4 Å². The van der Waals surface area contributed by atoms with E-state index in [4.69, 9.17) is 4.74 Å². The van der Waals surface area contributed by atoms with Gasteiger partial charge in [-0.05, 0) is 30.9 Å². The van der Waals surface area contributed by atoms with Crippen molar-refractivity contribution >= 4 is 5.97 Å². The summed E-state index contributed by atoms with van der Waals surface area (Å²) >= 11 is 0. The van der Waals surface area contributed by atoms with Gasteiger partial charge < -0.3 is 4.74 Å². The highest BCUT2D eigenvalue weighted by molar-refractivity contribution is 5.92. The molecule has 0 aromatic heterocycles. The molecule has 0 saturated carbocycles. The van der Waals surface area contributed by atoms with E-state index >= 15 is 0 Å². The van der Waals surface area contributed by atoms with Crippen LogP contribution in [-0.4, -0.2) is 12.6 Å². The molecule has 4 heteroatoms. The molecule has 1 aliphatic carbocycles. The van der Waals surface area contributed by atoms with Gasteiger partial charge in [0.1, 0.15) is 0 Å². The molecule has 0 heterocycles. The summed E-state index contributed by atoms with van der Waals surface area (Å²) in [6.45, 7) is 2.00. The van der Waals surface area contributed by atoms with Crippen LogP contribution in [0.15, 0.2) is 72.3 Å². The number of hydrogen-bond acceptors (Lipinski definition) is 4. The average Bonchev–Trinajstić information content (AvgIpc) is 3.08. The lowest BCUT2D eigenvalue weighted by molar-refractivity contribution is -0.138. The highest BCUT2D eigenvalue weighted by atomic mass is 16.5. The van der Waals surface area contributed by atoms with E-state index in [1.54, 1.807) is 13.0 Å². The van der Waals surface area contributed by atoms with Crippen molar-refractivity contribution < 1.29 is 9.53 Å². The predicted molar refractivity (Wildman–Crippen MR) is 106 cm³/mol. The van der Waals surface area contributed by atoms with Gasteiger partial charge in [0.15, 0.2) is 5.41 Å². The van der Waals surface area contributed by atoms with E-state index in [0.717, 1.165) is 17.5 Å². The third-order valence-corrected chi connectivity index (χ3v) is 5.33. The van der Waals surface area contributed by atoms with E-state index in [0.29, 0.717) is 12.0 Å². The summed E-state index contributed by atoms with van der Waals surface area (Å²) in [5.41, 5.74) is 1.00. The fourth-order valence-corrected chi connectivity index (χ4v) is 3.99. The van der Waals surface area contributed by atoms with Gasteiger partial charge in [-0.25, -0.2) is 4.79 Å². The van der Waals surface area contributed by atoms with Crippen molar-refractivity contribution in [2.75, 3.05) is 6.61 Å². The number of carbonyl (C=O) groups excluding carboxylic acids is 1. The van der Waals surface area contributed by atoms with Gasteiger partial charge in [0.05, 0.1) is 18.7 Å². The van der Waals surface area contributed by atoms with E-state index in [1.165, 1.54) is 0 Å². The molecule has 140 valence electrons. The molecule has 0 fully saturated rings. The van der Waals surface area contributed by atoms with Gasteiger partial charge in [0.2, 0.25) is 0 Å². The Kier molecular flexibility index (Phi) is 5.92. The van der Waals surface area contributed by atoms with Gasteiger partial charge in [0, 0.05) is 17.4 Å². The molecule has 0 aliphatic heterocycles. The summed E-state index contributed by atoms with van der Waals surface area (Å²) in [5, 5.41) is 20.2. The zero-order chi connectivity index (χ0) is 20.0. The summed E-state index contributed by atoms with van der Waals surface area (Å²) in [7, 11) is 0. The fraction of sp³-hybridized carbons (Fsp3) is 0.292. The first-order valence-corrected chi connectivity index (χ1v) is 9.46. The summed E-state index contributed by atoms with van der Waals surface area (Å²) in [5.74, 6) is -1.43. The molecule has 0 radical (unpaired) electrons. The highest BCUT2D eigenvalue weighted by Gasteiger charge is 2.54. The number of ether oxygens (including phenoxy) is 1. The van der Waals surface area contributed by atoms with Crippen molar-refractivity contribution in [3.05, 3.63) is 83.4 Å². The minimum absolute atomic E-state index is 0.248. The number of nitriles is 2. The Morgan fingerprint density at radius 2 is 1.64 bits per heavy atom. The minimum Gasteiger partial charge on any atom is -0.463 e. The molecule has 0 spiro atoms. The molecule has 0 N–H and O–H groups in total. The topological polar surface area (TPSA) is 73.9 Å². The van der Waals surface area contributed by atoms with Gasteiger partial charge in [0.25, 0.3) is 0 Å². The van der Waals surface area contributed by atoms with Crippen molar-refractivity contribution in [3.8, 4) is 12.1 Å². The van der Waals surface area contributed by atoms with Crippen LogP contribution in [0.2, 0.25) is 0 Å². The van der Waals surface area contributed by atoms with Gasteiger partial charge in [-0.15, -0.1) is 0 Å². The van der Waals surface area contributed by atoms with E-state index in [2.05, 4.69) is 12.1 Å². The number of nitrogens with zero attached hydrogens (tertiary/aromatic N) is 2. The lowest BCUT2D eigenvalue weighted by atomic mass is 9.68. The number of esters is 1. The zero-order valence-corrected chi connectivity index (χ0v) is 15.8. The molecule has 0 bridgehead atoms. The van der Waals surface area contributed by atoms with Gasteiger partial charge in [-0.3, -0.25) is 0 Å². The third-order valence-electron chi connectivity index (χ3n) is 5.33. The van der Waals surface area contributed by atoms with E-state index in [-0.39, 0.29) is 12.5 Å². The molecule has 0 unspecified atom stereocenters. The second-order valence-corrected chi connectivity index (χ2v) is 6.91. The van der Waals surface area contributed by atoms with E-state index in [1.807, 2.05) is 60.7 Å². The molecule has 2 aromatic rings. The number of allylic oxidation sites excluding steroid dienone is 1. The number of carbonyl (C=O) groups is 1. The summed E-state index contributed by atoms with van der Waals surface area (Å²) in [6.07, 6.45) is 3.13. The second kappa shape index (κ2) is 8.55. The summed E-state index contributed by atoms with van der Waals surface area (Å²) < 4.78 is 5.24. The van der Waals surface area contributed by atoms with Crippen LogP contribution in [0, 0.1) is 34.0 Å². The van der Waals surface area contributed by atoms with E-state index in [9.17, 15) is 15.3 Å². The molecule has 2 aromatic carbocycles. The largest absolute Gasteiger partial charge is 0.463 e. The third kappa shape index (κ3) is 3.55. The molecule has 3 rings (SSSR count). The SMILES string of the molecule is CCOC(=O)C1=C[C@H](CCc2ccccc2)C(C#N)(C#N)[C@@H]1c1ccccc1. The smallest absolute Gasteiger partial charge is 0.334 e. The normalized spacial score (nSPS) is 19.9. The first kappa shape index (κ1) is 19.4. The van der Waals surface area contributed by atoms with Crippen molar-refractivity contribution in [2.45, 2.75) is 25.7 Å². The number of benzene rings is 2. The zero-order valence-electron chi connectivity index (χ0n) is 15.8. The highest BCUT2D eigenvalue weighted by Crippen LogP contribution is 2.53. The van der Waals surface area contributed by atoms with Crippen LogP contribution in [0.4, 0.5) is 0 Å². The summed E-state index contributed by atoms with van der Waals surface area (Å²) in [6, 6.07) is 23.8. The first-order chi connectivity index (χ1) is 13.7. The molecule has 1 aliphatic rings. The maximum absolute atomic E-state index is 12.7. The number of hydrogen-bond donors (Lipinski definition) is 0. The minimum atomic E-state index is -1.34. The lowest BCUT2D eigenvalue weighted by Gasteiger charge is -2.29. The van der Waals surface area contributed by atoms with Crippen molar-refractivity contribution in [1.29, 1.82) is 10.5 Å². The van der Waals surface area contributed by atoms with Crippen molar-refractivity contribution in [3.63, 3.8) is 0 Å². The van der Waals surface area contributed by atoms with Gasteiger partial charge >= 0.3 is 5.97 Å². The maximum atomic E-state index is 12.7. The van der Waals surface area contributed by atoms with Crippen LogP contribution in [0.3, 0.4) is 0 Å². The molecular formula is C24H22N2O2. The standard InChI is InChI=1S/C24H22N2O2/c1-2-28-23(27)21-15-20(14-13-18-9-5-3-6-10-18)24(16-25,17-26)22(21)19-11-7-4-8-12-19/h3-12,15,20,22H,2,13-14H2,1H3/t20-,22+/m0/s1. The second-order valence-electron chi connectivity index (χ2n) is 6.91. The van der Waals surface area contributed by atoms with Crippen molar-refractivity contribution in [2.24, 2.45) is 11.3 Å². The average molecular weight is 370 g/mol. The Hall–Kier alpha value is -3.37. The Morgan fingerprint density at radius 3 is 2.21 bits per heavy atom. The maximum Gasteiger partial charge on any atom is 0.334 e. The molecule has 28 heavy (non-hydrogen) atoms. The van der Waals surface area contributed by atoms with E-state index < -0.39 is 17.3 Å². The number of aryl methyl sites for hydroxylation is 1. The Labute approximate surface area is 165 Å². The van der Waals surface area contributed by atoms with Crippen LogP contribution in [-0.2, 0) is 16.0 Å². The van der Waals surface area contributed by atoms with Crippen LogP contribution >= 0.6 is 0 Å². The summed E-state index contributed by atoms with van der Waals surface area (Å²) in [4.78, 5) is 12.7. The quantitative estimate of drug-likeness (QED) is 0.699. The Morgan fingerprint density at radius 1 is 1.04 bits per heavy atom. The van der Waals surface area contributed by atoms with Crippen molar-refractivity contribution in [1.82, 2.24) is 0 Å². The number of rotatable bonds is 6. The molecular weight excluding hydrogens is 348 g/mol. The molecule has 0 amide bonds. The first-order valence-electron chi connectivity index (χ1n) is 9.46.